The maximum atomic E-state index is 12.3. The molecule has 2 rings (SSSR count). The van der Waals surface area contributed by atoms with Crippen molar-refractivity contribution in [3.63, 3.8) is 0 Å². The molecule has 0 amide bonds. The standard InChI is InChI=1S/C36H64O13/c1-3-5-7-9-11-13-15-17-19-21-28(38)45-23-26-30(40)32(42)33(43)35(47-26)49-36(25-37)34(44)31(41)27(48-36)24-46-29(39)22-20-18-16-14-12-10-8-6-4-2/h14,16,26-27,30-35,37,40-44H,3-13,15,17-25H2,1-2H3/b16-14-/t26-,27-,30-,31-,32+,33-,34+,35-,36+/m1/s1. The Morgan fingerprint density at radius 2 is 1.14 bits per heavy atom. The van der Waals surface area contributed by atoms with Gasteiger partial charge in [-0.05, 0) is 32.1 Å². The lowest BCUT2D eigenvalue weighted by molar-refractivity contribution is -0.383. The number of aliphatic hydroxyl groups excluding tert-OH is 6. The molecule has 6 N–H and O–H groups in total. The minimum atomic E-state index is -2.33. The number of unbranched alkanes of at least 4 members (excludes halogenated alkanes) is 13. The van der Waals surface area contributed by atoms with Crippen LogP contribution in [-0.4, -0.2) is 117 Å². The summed E-state index contributed by atoms with van der Waals surface area (Å²) < 4.78 is 27.4. The average molecular weight is 705 g/mol. The van der Waals surface area contributed by atoms with E-state index < -0.39 is 86.6 Å². The second kappa shape index (κ2) is 24.5. The number of ether oxygens (including phenoxy) is 5. The van der Waals surface area contributed by atoms with Crippen LogP contribution in [0.15, 0.2) is 12.2 Å². The third-order valence-electron chi connectivity index (χ3n) is 9.15. The molecule has 286 valence electrons. The van der Waals surface area contributed by atoms with Crippen LogP contribution >= 0.6 is 0 Å². The van der Waals surface area contributed by atoms with E-state index in [0.717, 1.165) is 38.5 Å². The normalized spacial score (nSPS) is 30.2. The van der Waals surface area contributed by atoms with E-state index in [1.807, 2.05) is 6.08 Å². The summed E-state index contributed by atoms with van der Waals surface area (Å²) in [7, 11) is 0. The van der Waals surface area contributed by atoms with Crippen LogP contribution in [0, 0.1) is 0 Å². The number of carbonyl (C=O) groups is 2. The molecule has 0 spiro atoms. The second-order valence-electron chi connectivity index (χ2n) is 13.4. The third kappa shape index (κ3) is 15.2. The number of aliphatic hydroxyl groups is 6. The van der Waals surface area contributed by atoms with Gasteiger partial charge in [-0.3, -0.25) is 9.59 Å². The zero-order valence-electron chi connectivity index (χ0n) is 29.7. The zero-order valence-corrected chi connectivity index (χ0v) is 29.7. The molecule has 13 nitrogen and oxygen atoms in total. The monoisotopic (exact) mass is 704 g/mol. The smallest absolute Gasteiger partial charge is 0.305 e. The van der Waals surface area contributed by atoms with Gasteiger partial charge in [-0.15, -0.1) is 0 Å². The van der Waals surface area contributed by atoms with Crippen LogP contribution in [0.3, 0.4) is 0 Å². The first-order valence-corrected chi connectivity index (χ1v) is 18.6. The van der Waals surface area contributed by atoms with Gasteiger partial charge in [-0.1, -0.05) is 96.6 Å². The number of esters is 2. The lowest BCUT2D eigenvalue weighted by atomic mass is 9.99. The van der Waals surface area contributed by atoms with Crippen molar-refractivity contribution < 1.29 is 63.9 Å². The van der Waals surface area contributed by atoms with Gasteiger partial charge in [-0.2, -0.15) is 0 Å². The molecule has 2 fully saturated rings. The molecule has 0 unspecified atom stereocenters. The summed E-state index contributed by atoms with van der Waals surface area (Å²) in [5.41, 5.74) is 0. The first-order chi connectivity index (χ1) is 23.6. The van der Waals surface area contributed by atoms with E-state index in [-0.39, 0.29) is 12.8 Å². The summed E-state index contributed by atoms with van der Waals surface area (Å²) in [5, 5.41) is 63.1. The molecule has 9 atom stereocenters. The van der Waals surface area contributed by atoms with Crippen molar-refractivity contribution in [3.05, 3.63) is 12.2 Å². The molecule has 0 aliphatic carbocycles. The Bertz CT molecular complexity index is 933. The highest BCUT2D eigenvalue weighted by atomic mass is 16.8. The molecule has 0 radical (unpaired) electrons. The molecular weight excluding hydrogens is 640 g/mol. The van der Waals surface area contributed by atoms with Crippen molar-refractivity contribution in [2.75, 3.05) is 19.8 Å². The fourth-order valence-corrected chi connectivity index (χ4v) is 5.97. The van der Waals surface area contributed by atoms with E-state index in [4.69, 9.17) is 23.7 Å². The first-order valence-electron chi connectivity index (χ1n) is 18.6. The predicted octanol–water partition coefficient (Wildman–Crippen LogP) is 3.32. The summed E-state index contributed by atoms with van der Waals surface area (Å²) in [4.78, 5) is 24.6. The predicted molar refractivity (Wildman–Crippen MR) is 180 cm³/mol. The molecular formula is C36H64O13. The number of hydrogen-bond donors (Lipinski definition) is 6. The van der Waals surface area contributed by atoms with Crippen molar-refractivity contribution in [2.45, 2.75) is 184 Å². The van der Waals surface area contributed by atoms with E-state index in [1.165, 1.54) is 51.4 Å². The van der Waals surface area contributed by atoms with Crippen LogP contribution in [0.1, 0.15) is 129 Å². The fraction of sp³-hybridized carbons (Fsp3) is 0.889. The van der Waals surface area contributed by atoms with Gasteiger partial charge >= 0.3 is 11.9 Å². The van der Waals surface area contributed by atoms with Gasteiger partial charge < -0.3 is 54.3 Å². The van der Waals surface area contributed by atoms with E-state index in [9.17, 15) is 40.2 Å². The Balaban J connectivity index is 1.80. The summed E-state index contributed by atoms with van der Waals surface area (Å²) in [6.07, 6.45) is 8.16. The van der Waals surface area contributed by atoms with Gasteiger partial charge in [0.2, 0.25) is 5.79 Å². The van der Waals surface area contributed by atoms with Crippen molar-refractivity contribution in [1.29, 1.82) is 0 Å². The van der Waals surface area contributed by atoms with Gasteiger partial charge in [0.1, 0.15) is 62.5 Å². The zero-order chi connectivity index (χ0) is 36.1. The number of carbonyl (C=O) groups excluding carboxylic acids is 2. The molecule has 13 heteroatoms. The lowest BCUT2D eigenvalue weighted by Crippen LogP contribution is -2.62. The van der Waals surface area contributed by atoms with Gasteiger partial charge in [-0.25, -0.2) is 0 Å². The van der Waals surface area contributed by atoms with Crippen molar-refractivity contribution in [3.8, 4) is 0 Å². The summed E-state index contributed by atoms with van der Waals surface area (Å²) in [5.74, 6) is -3.36. The maximum Gasteiger partial charge on any atom is 0.305 e. The quantitative estimate of drug-likeness (QED) is 0.0436. The minimum absolute atomic E-state index is 0.140. The molecule has 2 heterocycles. The van der Waals surface area contributed by atoms with E-state index in [1.54, 1.807) is 0 Å². The average Bonchev–Trinajstić information content (AvgIpc) is 3.33. The summed E-state index contributed by atoms with van der Waals surface area (Å²) in [6, 6.07) is 0. The Labute approximate surface area is 291 Å². The minimum Gasteiger partial charge on any atom is -0.463 e. The molecule has 49 heavy (non-hydrogen) atoms. The van der Waals surface area contributed by atoms with Crippen LogP contribution in [0.4, 0.5) is 0 Å². The Hall–Kier alpha value is -1.68. The van der Waals surface area contributed by atoms with Crippen LogP contribution in [0.25, 0.3) is 0 Å². The van der Waals surface area contributed by atoms with Crippen LogP contribution in [-0.2, 0) is 33.3 Å². The van der Waals surface area contributed by atoms with E-state index in [2.05, 4.69) is 19.9 Å². The third-order valence-corrected chi connectivity index (χ3v) is 9.15. The fourth-order valence-electron chi connectivity index (χ4n) is 5.97. The molecule has 2 saturated heterocycles. The molecule has 0 aromatic rings. The number of allylic oxidation sites excluding steroid dienone is 2. The van der Waals surface area contributed by atoms with Gasteiger partial charge in [0.05, 0.1) is 0 Å². The molecule has 2 aliphatic rings. The van der Waals surface area contributed by atoms with Crippen LogP contribution in [0.5, 0.6) is 0 Å². The highest BCUT2D eigenvalue weighted by molar-refractivity contribution is 5.69. The van der Waals surface area contributed by atoms with Crippen molar-refractivity contribution in [2.24, 2.45) is 0 Å². The summed E-state index contributed by atoms with van der Waals surface area (Å²) >= 11 is 0. The topological polar surface area (TPSA) is 202 Å². The Morgan fingerprint density at radius 1 is 0.633 bits per heavy atom. The molecule has 0 bridgehead atoms. The van der Waals surface area contributed by atoms with Gasteiger partial charge in [0.25, 0.3) is 0 Å². The van der Waals surface area contributed by atoms with E-state index in [0.29, 0.717) is 12.8 Å². The number of hydrogen-bond acceptors (Lipinski definition) is 13. The van der Waals surface area contributed by atoms with Gasteiger partial charge in [0.15, 0.2) is 6.29 Å². The van der Waals surface area contributed by atoms with Crippen molar-refractivity contribution in [1.82, 2.24) is 0 Å². The lowest BCUT2D eigenvalue weighted by Gasteiger charge is -2.43. The van der Waals surface area contributed by atoms with Gasteiger partial charge in [0, 0.05) is 12.8 Å². The van der Waals surface area contributed by atoms with Crippen LogP contribution in [0.2, 0.25) is 0 Å². The molecule has 0 saturated carbocycles. The molecule has 2 aliphatic heterocycles. The SMILES string of the molecule is CCCCCC/C=C\CCCC(=O)OC[C@H]1O[C@@](CO)(O[C@H]2O[C@H](COC(=O)CCCCCCCCCCC)[C@@H](O)[C@H](O)[C@H]2O)[C@@H](O)[C@@H]1O. The van der Waals surface area contributed by atoms with Crippen molar-refractivity contribution >= 4 is 11.9 Å². The van der Waals surface area contributed by atoms with E-state index >= 15 is 0 Å². The first kappa shape index (κ1) is 43.5. The molecule has 0 aromatic heterocycles. The highest BCUT2D eigenvalue weighted by Crippen LogP contribution is 2.36. The second-order valence-corrected chi connectivity index (χ2v) is 13.4. The number of rotatable bonds is 26. The highest BCUT2D eigenvalue weighted by Gasteiger charge is 2.58. The summed E-state index contributed by atoms with van der Waals surface area (Å²) in [6.45, 7) is 2.45. The van der Waals surface area contributed by atoms with Crippen LogP contribution < -0.4 is 0 Å². The Kier molecular flexibility index (Phi) is 21.7. The Morgan fingerprint density at radius 3 is 1.73 bits per heavy atom. The molecule has 0 aromatic carbocycles. The largest absolute Gasteiger partial charge is 0.463 e. The maximum absolute atomic E-state index is 12.3.